The minimum absolute atomic E-state index is 0.000000000000000444. The van der Waals surface area contributed by atoms with Crippen molar-refractivity contribution in [2.45, 2.75) is 25.7 Å². The molecular formula is C39H56Cl4N10O17. The number of nitrogens with two attached hydrogens (primary N) is 1. The molecule has 31 heteroatoms. The van der Waals surface area contributed by atoms with E-state index in [1.54, 1.807) is 0 Å². The number of carbonyl (C=O) groups excluding carboxylic acids is 4. The zero-order valence-electron chi connectivity index (χ0n) is 37.7. The number of halogens is 4. The molecule has 0 atom stereocenters. The molecular weight excluding hydrogens is 1020 g/mol. The molecule has 3 rings (SSSR count). The highest BCUT2D eigenvalue weighted by Crippen LogP contribution is 2.13. The molecule has 0 aliphatic carbocycles. The fourth-order valence-corrected chi connectivity index (χ4v) is 3.79. The highest BCUT2D eigenvalue weighted by Gasteiger charge is 2.11. The van der Waals surface area contributed by atoms with Crippen molar-refractivity contribution in [3.63, 3.8) is 0 Å². The van der Waals surface area contributed by atoms with Gasteiger partial charge in [-0.25, -0.2) is 14.4 Å². The van der Waals surface area contributed by atoms with Gasteiger partial charge in [0.1, 0.15) is 51.3 Å². The normalized spacial score (nSPS) is 9.41. The van der Waals surface area contributed by atoms with Crippen LogP contribution in [-0.4, -0.2) is 191 Å². The van der Waals surface area contributed by atoms with Crippen molar-refractivity contribution >= 4 is 69.6 Å². The minimum Gasteiger partial charge on any atom is -0.463 e. The Kier molecular flexibility index (Phi) is 47.1. The van der Waals surface area contributed by atoms with E-state index in [4.69, 9.17) is 116 Å². The zero-order valence-corrected chi connectivity index (χ0v) is 40.7. The largest absolute Gasteiger partial charge is 0.463 e. The summed E-state index contributed by atoms with van der Waals surface area (Å²) in [5.41, 5.74) is 4.78. The van der Waals surface area contributed by atoms with E-state index >= 15 is 0 Å². The quantitative estimate of drug-likeness (QED) is 0.0173. The monoisotopic (exact) mass is 1080 g/mol. The maximum absolute atomic E-state index is 11.1. The maximum Gasteiger partial charge on any atom is 0.330 e. The van der Waals surface area contributed by atoms with Gasteiger partial charge in [0, 0.05) is 44.2 Å². The third-order valence-electron chi connectivity index (χ3n) is 5.83. The summed E-state index contributed by atoms with van der Waals surface area (Å²) in [6, 6.07) is 0.0199. The second-order valence-electron chi connectivity index (χ2n) is 11.1. The van der Waals surface area contributed by atoms with Gasteiger partial charge < -0.3 is 69.5 Å². The van der Waals surface area contributed by atoms with Crippen LogP contribution in [0.3, 0.4) is 0 Å². The van der Waals surface area contributed by atoms with Crippen molar-refractivity contribution in [3.05, 3.63) is 78.1 Å². The van der Waals surface area contributed by atoms with E-state index in [2.05, 4.69) is 71.2 Å². The topological polar surface area (TPSA) is 396 Å². The summed E-state index contributed by atoms with van der Waals surface area (Å²) in [4.78, 5) is 77.1. The lowest BCUT2D eigenvalue weighted by atomic mass is 10.3. The average Bonchev–Trinajstić information content (AvgIpc) is 3.35. The number of nitrogens with zero attached hydrogens (tertiary/aromatic N) is 9. The number of aromatic nitrogens is 9. The van der Waals surface area contributed by atoms with Crippen LogP contribution in [-0.2, 0) is 46.2 Å². The molecule has 3 aromatic rings. The number of carbonyl (C=O) groups is 4. The van der Waals surface area contributed by atoms with Crippen LogP contribution in [0.5, 0.6) is 24.0 Å². The van der Waals surface area contributed by atoms with Crippen molar-refractivity contribution in [1.29, 1.82) is 0 Å². The molecule has 0 saturated carbocycles. The van der Waals surface area contributed by atoms with Crippen LogP contribution >= 0.6 is 46.4 Å². The molecule has 0 aromatic carbocycles. The van der Waals surface area contributed by atoms with Gasteiger partial charge in [-0.1, -0.05) is 26.3 Å². The van der Waals surface area contributed by atoms with E-state index in [1.807, 2.05) is 0 Å². The minimum atomic E-state index is -0.581. The van der Waals surface area contributed by atoms with Gasteiger partial charge in [0.15, 0.2) is 0 Å². The fraction of sp³-hybridized carbons (Fsp3) is 0.462. The van der Waals surface area contributed by atoms with E-state index in [1.165, 1.54) is 0 Å². The van der Waals surface area contributed by atoms with Crippen molar-refractivity contribution in [1.82, 2.24) is 44.9 Å². The van der Waals surface area contributed by atoms with Gasteiger partial charge in [-0.05, 0) is 65.3 Å². The molecule has 3 heterocycles. The lowest BCUT2D eigenvalue weighted by Gasteiger charge is -2.09. The smallest absolute Gasteiger partial charge is 0.330 e. The molecule has 0 unspecified atom stereocenters. The Balaban J connectivity index is -0.000000935. The Bertz CT molecular complexity index is 1710. The van der Waals surface area contributed by atoms with Crippen LogP contribution in [0.25, 0.3) is 0 Å². The van der Waals surface area contributed by atoms with Gasteiger partial charge in [-0.15, -0.1) is 9.97 Å². The van der Waals surface area contributed by atoms with Crippen LogP contribution in [0.4, 0.5) is 0 Å². The third kappa shape index (κ3) is 43.4. The summed E-state index contributed by atoms with van der Waals surface area (Å²) in [6.45, 7) is 13.1. The molecule has 0 amide bonds. The Labute approximate surface area is 422 Å². The van der Waals surface area contributed by atoms with Crippen molar-refractivity contribution < 1.29 is 83.0 Å². The summed E-state index contributed by atoms with van der Waals surface area (Å²) in [7, 11) is 0. The van der Waals surface area contributed by atoms with Gasteiger partial charge in [-0.2, -0.15) is 34.9 Å². The van der Waals surface area contributed by atoms with Crippen molar-refractivity contribution in [3.8, 4) is 24.0 Å². The summed E-state index contributed by atoms with van der Waals surface area (Å²) < 4.78 is 35.4. The first kappa shape index (κ1) is 68.4. The summed E-state index contributed by atoms with van der Waals surface area (Å²) >= 11 is 20.7. The van der Waals surface area contributed by atoms with E-state index in [9.17, 15) is 19.2 Å². The second kappa shape index (κ2) is 48.2. The Morgan fingerprint density at radius 2 is 0.757 bits per heavy atom. The highest BCUT2D eigenvalue weighted by atomic mass is 35.5. The lowest BCUT2D eigenvalue weighted by molar-refractivity contribution is -0.139. The molecule has 3 aromatic heterocycles. The average molecular weight is 1080 g/mol. The summed E-state index contributed by atoms with van der Waals surface area (Å²) in [5.74, 6) is -0.929. The van der Waals surface area contributed by atoms with Crippen LogP contribution < -0.4 is 24.7 Å². The molecule has 0 spiro atoms. The number of rotatable bonds is 27. The van der Waals surface area contributed by atoms with Crippen LogP contribution in [0.2, 0.25) is 15.9 Å². The number of aryl methyl sites for hydroxylation is 2. The SMILES string of the molecule is C=CC(=O)Cl.C=CC(=O)OCCCc1nc(OCCOC(=O)C=C)nc(OCCOC(=O)C=C)n1.Clc1nc(Cl)nc(Cl)n1.NCCO.OCCCc1nc(OCCO)nc(OCCO)n1.OCCO. The Hall–Kier alpha value is -5.85. The number of esters is 3. The third-order valence-corrected chi connectivity index (χ3v) is 6.50. The number of ether oxygens (including phenoxy) is 7. The van der Waals surface area contributed by atoms with Gasteiger partial charge >= 0.3 is 41.9 Å². The first-order valence-corrected chi connectivity index (χ1v) is 21.4. The molecule has 27 nitrogen and oxygen atoms in total. The number of aliphatic hydroxyl groups is 6. The zero-order chi connectivity index (χ0) is 53.4. The predicted octanol–water partition coefficient (Wildman–Crippen LogP) is -0.0339. The summed E-state index contributed by atoms with van der Waals surface area (Å²) in [6.07, 6.45) is 5.94. The molecule has 0 bridgehead atoms. The number of hydrogen-bond acceptors (Lipinski definition) is 27. The van der Waals surface area contributed by atoms with Crippen LogP contribution in [0, 0.1) is 0 Å². The first-order valence-electron chi connectivity index (χ1n) is 19.8. The second-order valence-corrected chi connectivity index (χ2v) is 12.5. The standard InChI is InChI=1S/C19H23N3O8.C10H17N3O5.C3Cl3N3.C3H3ClO.C2H7NO.C2H6O2/c1-4-15(23)26-9-7-8-14-20-18(29-12-10-27-16(24)5-2)22-19(21-14)30-13-11-28-17(25)6-3;14-3-1-2-8-11-9(17-6-4-15)13-10(12-8)18-7-5-16;4-1-7-2(5)9-3(6)8-1;1-2-3(4)5;2*3-1-2-4/h4-6H,1-3,7-13H2;14-16H,1-7H2;;2H,1H2;4H,1-3H2;3-4H,1-2H2. The van der Waals surface area contributed by atoms with Gasteiger partial charge in [-0.3, -0.25) is 4.79 Å². The molecule has 392 valence electrons. The van der Waals surface area contributed by atoms with E-state index in [-0.39, 0.29) is 126 Å². The fourth-order valence-electron chi connectivity index (χ4n) is 3.18. The van der Waals surface area contributed by atoms with Crippen LogP contribution in [0.1, 0.15) is 24.5 Å². The van der Waals surface area contributed by atoms with E-state index in [0.717, 1.165) is 24.3 Å². The maximum atomic E-state index is 11.1. The summed E-state index contributed by atoms with van der Waals surface area (Å²) in [5, 5.41) is 48.6. The molecule has 0 radical (unpaired) electrons. The predicted molar refractivity (Wildman–Crippen MR) is 249 cm³/mol. The first-order chi connectivity index (χ1) is 33.6. The van der Waals surface area contributed by atoms with Crippen molar-refractivity contribution in [2.75, 3.05) is 92.4 Å². The lowest BCUT2D eigenvalue weighted by Crippen LogP contribution is -2.15. The number of allylic oxidation sites excluding steroid dienone is 1. The van der Waals surface area contributed by atoms with Crippen LogP contribution in [0.15, 0.2) is 50.6 Å². The molecule has 0 fully saturated rings. The van der Waals surface area contributed by atoms with Gasteiger partial charge in [0.05, 0.1) is 39.6 Å². The molecule has 8 N–H and O–H groups in total. The number of aliphatic hydroxyl groups excluding tert-OH is 6. The Morgan fingerprint density at radius 1 is 0.443 bits per heavy atom. The van der Waals surface area contributed by atoms with E-state index < -0.39 is 23.2 Å². The number of hydrogen-bond donors (Lipinski definition) is 7. The molecule has 70 heavy (non-hydrogen) atoms. The Morgan fingerprint density at radius 3 is 1.03 bits per heavy atom. The molecule has 0 aliphatic rings. The molecule has 0 saturated heterocycles. The highest BCUT2D eigenvalue weighted by molar-refractivity contribution is 6.66. The van der Waals surface area contributed by atoms with Crippen molar-refractivity contribution in [2.24, 2.45) is 5.73 Å². The van der Waals surface area contributed by atoms with Gasteiger partial charge in [0.25, 0.3) is 0 Å². The molecule has 0 aliphatic heterocycles. The van der Waals surface area contributed by atoms with E-state index in [0.29, 0.717) is 43.9 Å². The van der Waals surface area contributed by atoms with Gasteiger partial charge in [0.2, 0.25) is 21.1 Å².